The van der Waals surface area contributed by atoms with E-state index in [0.29, 0.717) is 0 Å². The molecule has 3 aromatic rings. The van der Waals surface area contributed by atoms with Crippen molar-refractivity contribution in [2.24, 2.45) is 0 Å². The lowest BCUT2D eigenvalue weighted by atomic mass is 10.1. The van der Waals surface area contributed by atoms with Crippen molar-refractivity contribution >= 4 is 15.7 Å². The summed E-state index contributed by atoms with van der Waals surface area (Å²) < 4.78 is 27.8. The van der Waals surface area contributed by atoms with Crippen molar-refractivity contribution in [2.45, 2.75) is 17.9 Å². The number of hydrogen-bond acceptors (Lipinski definition) is 3. The van der Waals surface area contributed by atoms with Crippen LogP contribution >= 0.6 is 0 Å². The van der Waals surface area contributed by atoms with E-state index in [2.05, 4.69) is 10.0 Å². The van der Waals surface area contributed by atoms with E-state index in [9.17, 15) is 8.42 Å². The van der Waals surface area contributed by atoms with Crippen molar-refractivity contribution in [3.05, 3.63) is 96.1 Å². The Morgan fingerprint density at radius 2 is 1.50 bits per heavy atom. The Hall–Kier alpha value is -2.63. The van der Waals surface area contributed by atoms with E-state index in [-0.39, 0.29) is 17.5 Å². The number of anilines is 1. The third-order valence-electron chi connectivity index (χ3n) is 4.09. The molecule has 2 N–H and O–H groups in total. The molecule has 0 amide bonds. The number of aryl methyl sites for hydroxylation is 1. The molecule has 26 heavy (non-hydrogen) atoms. The van der Waals surface area contributed by atoms with E-state index < -0.39 is 10.0 Å². The van der Waals surface area contributed by atoms with Crippen LogP contribution in [0.3, 0.4) is 0 Å². The average molecular weight is 366 g/mol. The minimum atomic E-state index is -3.55. The van der Waals surface area contributed by atoms with Crippen LogP contribution < -0.4 is 10.0 Å². The maximum atomic E-state index is 12.5. The Kier molecular flexibility index (Phi) is 5.71. The normalized spacial score (nSPS) is 12.5. The molecule has 3 rings (SSSR count). The first-order valence-corrected chi connectivity index (χ1v) is 9.96. The van der Waals surface area contributed by atoms with Gasteiger partial charge in [-0.05, 0) is 42.3 Å². The monoisotopic (exact) mass is 366 g/mol. The number of hydrogen-bond donors (Lipinski definition) is 2. The van der Waals surface area contributed by atoms with Crippen LogP contribution in [0, 0.1) is 6.92 Å². The molecule has 0 radical (unpaired) electrons. The van der Waals surface area contributed by atoms with Gasteiger partial charge in [0.1, 0.15) is 0 Å². The molecule has 0 aromatic heterocycles. The lowest BCUT2D eigenvalue weighted by Crippen LogP contribution is -2.31. The van der Waals surface area contributed by atoms with Crippen molar-refractivity contribution in [3.63, 3.8) is 0 Å². The van der Waals surface area contributed by atoms with Gasteiger partial charge in [0.05, 0.1) is 10.9 Å². The minimum Gasteiger partial charge on any atom is -0.377 e. The first kappa shape index (κ1) is 18.2. The molecular formula is C21H22N2O2S. The largest absolute Gasteiger partial charge is 0.377 e. The molecule has 0 spiro atoms. The van der Waals surface area contributed by atoms with Crippen LogP contribution in [0.5, 0.6) is 0 Å². The first-order valence-electron chi connectivity index (χ1n) is 8.47. The Bertz CT molecular complexity index is 942. The molecule has 0 saturated heterocycles. The Labute approximate surface area is 155 Å². The van der Waals surface area contributed by atoms with Gasteiger partial charge >= 0.3 is 0 Å². The fraction of sp³-hybridized carbons (Fsp3) is 0.143. The van der Waals surface area contributed by atoms with Gasteiger partial charge in [0.15, 0.2) is 0 Å². The Balaban J connectivity index is 1.80. The number of rotatable bonds is 7. The van der Waals surface area contributed by atoms with Crippen molar-refractivity contribution in [3.8, 4) is 0 Å². The third-order valence-corrected chi connectivity index (χ3v) is 5.53. The van der Waals surface area contributed by atoms with Crippen LogP contribution in [0.25, 0.3) is 0 Å². The predicted octanol–water partition coefficient (Wildman–Crippen LogP) is 4.13. The van der Waals surface area contributed by atoms with E-state index >= 15 is 0 Å². The van der Waals surface area contributed by atoms with Crippen molar-refractivity contribution < 1.29 is 8.42 Å². The smallest absolute Gasteiger partial charge is 0.240 e. The molecule has 0 bridgehead atoms. The van der Waals surface area contributed by atoms with Gasteiger partial charge in [-0.1, -0.05) is 60.7 Å². The number of nitrogens with one attached hydrogen (secondary N) is 2. The average Bonchev–Trinajstić information content (AvgIpc) is 2.66. The Morgan fingerprint density at radius 1 is 0.846 bits per heavy atom. The summed E-state index contributed by atoms with van der Waals surface area (Å²) in [6, 6.07) is 26.1. The van der Waals surface area contributed by atoms with Gasteiger partial charge < -0.3 is 5.32 Å². The second-order valence-corrected chi connectivity index (χ2v) is 7.91. The molecule has 1 unspecified atom stereocenters. The van der Waals surface area contributed by atoms with E-state index in [4.69, 9.17) is 0 Å². The van der Waals surface area contributed by atoms with Crippen LogP contribution in [0.4, 0.5) is 5.69 Å². The van der Waals surface area contributed by atoms with Gasteiger partial charge in [0.2, 0.25) is 10.0 Å². The number of sulfonamides is 1. The zero-order chi connectivity index (χ0) is 18.4. The molecule has 1 atom stereocenters. The Morgan fingerprint density at radius 3 is 2.15 bits per heavy atom. The molecule has 3 aromatic carbocycles. The van der Waals surface area contributed by atoms with Crippen LogP contribution in [0.1, 0.15) is 17.2 Å². The summed E-state index contributed by atoms with van der Waals surface area (Å²) in [6.07, 6.45) is 0. The molecular weight excluding hydrogens is 344 g/mol. The highest BCUT2D eigenvalue weighted by molar-refractivity contribution is 7.89. The zero-order valence-corrected chi connectivity index (χ0v) is 15.4. The molecule has 5 heteroatoms. The molecule has 0 aliphatic carbocycles. The molecule has 0 saturated carbocycles. The third kappa shape index (κ3) is 4.71. The van der Waals surface area contributed by atoms with E-state index in [1.165, 1.54) is 0 Å². The molecule has 0 fully saturated rings. The van der Waals surface area contributed by atoms with E-state index in [1.54, 1.807) is 30.3 Å². The quantitative estimate of drug-likeness (QED) is 0.661. The molecule has 4 nitrogen and oxygen atoms in total. The molecule has 0 aliphatic rings. The van der Waals surface area contributed by atoms with Gasteiger partial charge in [-0.3, -0.25) is 0 Å². The summed E-state index contributed by atoms with van der Waals surface area (Å²) in [7, 11) is -3.55. The fourth-order valence-corrected chi connectivity index (χ4v) is 3.82. The zero-order valence-electron chi connectivity index (χ0n) is 14.6. The summed E-state index contributed by atoms with van der Waals surface area (Å²) >= 11 is 0. The van der Waals surface area contributed by atoms with Crippen LogP contribution in [-0.2, 0) is 10.0 Å². The second kappa shape index (κ2) is 8.17. The predicted molar refractivity (Wildman–Crippen MR) is 106 cm³/mol. The molecule has 134 valence electrons. The van der Waals surface area contributed by atoms with Crippen molar-refractivity contribution in [1.82, 2.24) is 4.72 Å². The standard InChI is InChI=1S/C21H22N2O2S/c1-17-9-8-12-19(15-17)23-21(18-10-4-2-5-11-18)16-22-26(24,25)20-13-6-3-7-14-20/h2-15,21-23H,16H2,1H3. The van der Waals surface area contributed by atoms with Gasteiger partial charge in [-0.2, -0.15) is 0 Å². The van der Waals surface area contributed by atoms with Gasteiger partial charge in [-0.15, -0.1) is 0 Å². The minimum absolute atomic E-state index is 0.184. The van der Waals surface area contributed by atoms with Crippen LogP contribution in [-0.4, -0.2) is 15.0 Å². The summed E-state index contributed by atoms with van der Waals surface area (Å²) in [5.74, 6) is 0. The highest BCUT2D eigenvalue weighted by Gasteiger charge is 2.18. The van der Waals surface area contributed by atoms with E-state index in [1.807, 2.05) is 61.5 Å². The summed E-state index contributed by atoms with van der Waals surface area (Å²) in [4.78, 5) is 0.266. The van der Waals surface area contributed by atoms with Crippen molar-refractivity contribution in [1.29, 1.82) is 0 Å². The first-order chi connectivity index (χ1) is 12.5. The topological polar surface area (TPSA) is 58.2 Å². The highest BCUT2D eigenvalue weighted by atomic mass is 32.2. The SMILES string of the molecule is Cc1cccc(NC(CNS(=O)(=O)c2ccccc2)c2ccccc2)c1. The summed E-state index contributed by atoms with van der Waals surface area (Å²) in [6.45, 7) is 2.27. The number of benzene rings is 3. The van der Waals surface area contributed by atoms with Gasteiger partial charge in [-0.25, -0.2) is 13.1 Å². The summed E-state index contributed by atoms with van der Waals surface area (Å²) in [5, 5.41) is 3.43. The maximum absolute atomic E-state index is 12.5. The lowest BCUT2D eigenvalue weighted by molar-refractivity contribution is 0.576. The highest BCUT2D eigenvalue weighted by Crippen LogP contribution is 2.20. The second-order valence-electron chi connectivity index (χ2n) is 6.14. The molecule has 0 heterocycles. The van der Waals surface area contributed by atoms with E-state index in [0.717, 1.165) is 16.8 Å². The van der Waals surface area contributed by atoms with Crippen LogP contribution in [0.2, 0.25) is 0 Å². The summed E-state index contributed by atoms with van der Waals surface area (Å²) in [5.41, 5.74) is 3.12. The van der Waals surface area contributed by atoms with Gasteiger partial charge in [0, 0.05) is 12.2 Å². The maximum Gasteiger partial charge on any atom is 0.240 e. The fourth-order valence-electron chi connectivity index (χ4n) is 2.75. The van der Waals surface area contributed by atoms with Crippen molar-refractivity contribution in [2.75, 3.05) is 11.9 Å². The molecule has 0 aliphatic heterocycles. The van der Waals surface area contributed by atoms with Gasteiger partial charge in [0.25, 0.3) is 0 Å². The van der Waals surface area contributed by atoms with Crippen LogP contribution in [0.15, 0.2) is 89.8 Å². The lowest BCUT2D eigenvalue weighted by Gasteiger charge is -2.21.